The van der Waals surface area contributed by atoms with Crippen LogP contribution in [0.3, 0.4) is 0 Å². The van der Waals surface area contributed by atoms with Gasteiger partial charge in [0.2, 0.25) is 0 Å². The van der Waals surface area contributed by atoms with Crippen LogP contribution in [0.5, 0.6) is 0 Å². The van der Waals surface area contributed by atoms with Crippen LogP contribution in [0.25, 0.3) is 0 Å². The Hall–Kier alpha value is 0.310. The molecule has 0 spiro atoms. The molecule has 68 valence electrons. The average Bonchev–Trinajstić information content (AvgIpc) is 2.01. The van der Waals surface area contributed by atoms with Gasteiger partial charge in [-0.15, -0.1) is 0 Å². The van der Waals surface area contributed by atoms with E-state index in [-0.39, 0.29) is 0 Å². The van der Waals surface area contributed by atoms with E-state index in [4.69, 9.17) is 9.05 Å². The minimum atomic E-state index is -0.629. The Balaban J connectivity index is 3.34. The van der Waals surface area contributed by atoms with E-state index in [1.54, 1.807) is 0 Å². The van der Waals surface area contributed by atoms with Crippen molar-refractivity contribution < 1.29 is 9.05 Å². The highest BCUT2D eigenvalue weighted by atomic mass is 31.2. The predicted molar refractivity (Wildman–Crippen MR) is 49.0 cm³/mol. The summed E-state index contributed by atoms with van der Waals surface area (Å²) in [6.45, 7) is 6.44. The highest BCUT2D eigenvalue weighted by molar-refractivity contribution is 7.47. The molecule has 0 aliphatic heterocycles. The van der Waals surface area contributed by atoms with Crippen molar-refractivity contribution in [2.45, 2.75) is 13.8 Å². The first-order valence-electron chi connectivity index (χ1n) is 4.03. The molecular formula is C7H18NO2P. The fourth-order valence-corrected chi connectivity index (χ4v) is 1.97. The summed E-state index contributed by atoms with van der Waals surface area (Å²) in [5.74, 6) is 0. The second-order valence-corrected chi connectivity index (χ2v) is 3.62. The maximum absolute atomic E-state index is 5.39. The summed E-state index contributed by atoms with van der Waals surface area (Å²) in [7, 11) is 1.31. The zero-order valence-corrected chi connectivity index (χ0v) is 8.49. The second kappa shape index (κ2) is 8.41. The highest BCUT2D eigenvalue weighted by Crippen LogP contribution is 2.36. The summed E-state index contributed by atoms with van der Waals surface area (Å²) in [6, 6.07) is 0. The van der Waals surface area contributed by atoms with Crippen molar-refractivity contribution in [1.29, 1.82) is 0 Å². The molecule has 0 saturated heterocycles. The van der Waals surface area contributed by atoms with E-state index in [2.05, 4.69) is 5.32 Å². The molecule has 0 aliphatic carbocycles. The van der Waals surface area contributed by atoms with Crippen molar-refractivity contribution in [3.63, 3.8) is 0 Å². The van der Waals surface area contributed by atoms with Crippen LogP contribution in [0.2, 0.25) is 0 Å². The number of nitrogens with one attached hydrogen (secondary N) is 1. The van der Waals surface area contributed by atoms with Gasteiger partial charge in [0.1, 0.15) is 0 Å². The van der Waals surface area contributed by atoms with Gasteiger partial charge in [-0.1, -0.05) is 0 Å². The van der Waals surface area contributed by atoms with Gasteiger partial charge in [0, 0.05) is 12.7 Å². The SMILES string of the molecule is CCOP(CCNC)OCC. The Morgan fingerprint density at radius 3 is 2.09 bits per heavy atom. The molecule has 0 aliphatic rings. The van der Waals surface area contributed by atoms with Gasteiger partial charge in [0.15, 0.2) is 8.38 Å². The van der Waals surface area contributed by atoms with Gasteiger partial charge >= 0.3 is 0 Å². The first kappa shape index (κ1) is 11.3. The van der Waals surface area contributed by atoms with E-state index in [1.807, 2.05) is 20.9 Å². The van der Waals surface area contributed by atoms with Gasteiger partial charge in [-0.25, -0.2) is 0 Å². The maximum Gasteiger partial charge on any atom is 0.171 e. The van der Waals surface area contributed by atoms with Crippen molar-refractivity contribution in [1.82, 2.24) is 5.32 Å². The monoisotopic (exact) mass is 179 g/mol. The zero-order valence-electron chi connectivity index (χ0n) is 7.59. The molecule has 0 aromatic heterocycles. The lowest BCUT2D eigenvalue weighted by molar-refractivity contribution is 0.269. The third kappa shape index (κ3) is 6.70. The molecule has 0 saturated carbocycles. The average molecular weight is 179 g/mol. The number of hydrogen-bond acceptors (Lipinski definition) is 3. The van der Waals surface area contributed by atoms with Crippen LogP contribution in [0, 0.1) is 0 Å². The molecule has 0 rings (SSSR count). The largest absolute Gasteiger partial charge is 0.334 e. The van der Waals surface area contributed by atoms with E-state index in [0.717, 1.165) is 25.9 Å². The van der Waals surface area contributed by atoms with E-state index in [0.29, 0.717) is 0 Å². The number of rotatable bonds is 7. The standard InChI is InChI=1S/C7H18NO2P/c1-4-9-11(10-5-2)7-6-8-3/h8H,4-7H2,1-3H3. The van der Waals surface area contributed by atoms with Crippen molar-refractivity contribution in [3.8, 4) is 0 Å². The summed E-state index contributed by atoms with van der Waals surface area (Å²) in [4.78, 5) is 0. The van der Waals surface area contributed by atoms with Gasteiger partial charge in [0.05, 0.1) is 13.2 Å². The summed E-state index contributed by atoms with van der Waals surface area (Å²) in [5.41, 5.74) is 0. The fraction of sp³-hybridized carbons (Fsp3) is 1.00. The summed E-state index contributed by atoms with van der Waals surface area (Å²) >= 11 is 0. The third-order valence-electron chi connectivity index (χ3n) is 1.09. The van der Waals surface area contributed by atoms with Crippen LogP contribution in [-0.2, 0) is 9.05 Å². The Labute approximate surface area is 70.4 Å². The van der Waals surface area contributed by atoms with Gasteiger partial charge in [-0.05, 0) is 20.9 Å². The lowest BCUT2D eigenvalue weighted by atomic mass is 10.8. The van der Waals surface area contributed by atoms with Crippen LogP contribution in [0.4, 0.5) is 0 Å². The van der Waals surface area contributed by atoms with E-state index < -0.39 is 8.38 Å². The molecule has 11 heavy (non-hydrogen) atoms. The minimum Gasteiger partial charge on any atom is -0.334 e. The van der Waals surface area contributed by atoms with Crippen molar-refractivity contribution in [2.75, 3.05) is 33.0 Å². The fourth-order valence-electron chi connectivity index (χ4n) is 0.657. The normalized spacial score (nSPS) is 10.9. The summed E-state index contributed by atoms with van der Waals surface area (Å²) in [5, 5.41) is 3.07. The van der Waals surface area contributed by atoms with E-state index in [9.17, 15) is 0 Å². The molecule has 0 fully saturated rings. The van der Waals surface area contributed by atoms with Crippen LogP contribution in [0.1, 0.15) is 13.8 Å². The second-order valence-electron chi connectivity index (χ2n) is 2.00. The van der Waals surface area contributed by atoms with Crippen molar-refractivity contribution in [2.24, 2.45) is 0 Å². The molecule has 1 N–H and O–H groups in total. The van der Waals surface area contributed by atoms with Crippen molar-refractivity contribution >= 4 is 8.38 Å². The van der Waals surface area contributed by atoms with E-state index in [1.165, 1.54) is 0 Å². The van der Waals surface area contributed by atoms with Gasteiger partial charge < -0.3 is 14.4 Å². The molecule has 4 heteroatoms. The molecule has 3 nitrogen and oxygen atoms in total. The predicted octanol–water partition coefficient (Wildman–Crippen LogP) is 1.59. The quantitative estimate of drug-likeness (QED) is 0.602. The third-order valence-corrected chi connectivity index (χ3v) is 2.77. The molecule has 0 atom stereocenters. The lowest BCUT2D eigenvalue weighted by Crippen LogP contribution is -2.12. The molecule has 0 unspecified atom stereocenters. The Morgan fingerprint density at radius 2 is 1.73 bits per heavy atom. The maximum atomic E-state index is 5.39. The molecule has 0 amide bonds. The van der Waals surface area contributed by atoms with Gasteiger partial charge in [0.25, 0.3) is 0 Å². The Morgan fingerprint density at radius 1 is 1.18 bits per heavy atom. The first-order chi connectivity index (χ1) is 5.35. The topological polar surface area (TPSA) is 30.5 Å². The Bertz CT molecular complexity index is 76.8. The zero-order chi connectivity index (χ0) is 8.53. The lowest BCUT2D eigenvalue weighted by Gasteiger charge is -2.14. The van der Waals surface area contributed by atoms with Gasteiger partial charge in [-0.3, -0.25) is 0 Å². The van der Waals surface area contributed by atoms with Crippen LogP contribution < -0.4 is 5.32 Å². The molecule has 0 heterocycles. The molecule has 0 bridgehead atoms. The molecule has 0 radical (unpaired) electrons. The molecule has 0 aromatic carbocycles. The molecular weight excluding hydrogens is 161 g/mol. The van der Waals surface area contributed by atoms with Gasteiger partial charge in [-0.2, -0.15) is 0 Å². The summed E-state index contributed by atoms with van der Waals surface area (Å²) in [6.07, 6.45) is 0.980. The molecule has 0 aromatic rings. The first-order valence-corrected chi connectivity index (χ1v) is 5.39. The van der Waals surface area contributed by atoms with Crippen LogP contribution >= 0.6 is 8.38 Å². The highest BCUT2D eigenvalue weighted by Gasteiger charge is 2.06. The Kier molecular flexibility index (Phi) is 8.64. The van der Waals surface area contributed by atoms with Crippen LogP contribution in [0.15, 0.2) is 0 Å². The minimum absolute atomic E-state index is 0.629. The summed E-state index contributed by atoms with van der Waals surface area (Å²) < 4.78 is 10.8. The number of hydrogen-bond donors (Lipinski definition) is 1. The van der Waals surface area contributed by atoms with E-state index >= 15 is 0 Å². The van der Waals surface area contributed by atoms with Crippen molar-refractivity contribution in [3.05, 3.63) is 0 Å². The smallest absolute Gasteiger partial charge is 0.171 e. The van der Waals surface area contributed by atoms with Crippen LogP contribution in [-0.4, -0.2) is 33.0 Å².